The Labute approximate surface area is 133 Å². The summed E-state index contributed by atoms with van der Waals surface area (Å²) in [5.41, 5.74) is 0.970. The predicted octanol–water partition coefficient (Wildman–Crippen LogP) is 4.09. The van der Waals surface area contributed by atoms with Crippen molar-refractivity contribution in [3.05, 3.63) is 49.5 Å². The topological polar surface area (TPSA) is 37.4 Å². The minimum atomic E-state index is -3.46. The number of hydrogen-bond acceptors (Lipinski definition) is 3. The molecule has 2 aromatic rings. The van der Waals surface area contributed by atoms with Crippen LogP contribution in [0.3, 0.4) is 0 Å². The van der Waals surface area contributed by atoms with E-state index in [-0.39, 0.29) is 0 Å². The molecule has 2 rings (SSSR count). The van der Waals surface area contributed by atoms with Gasteiger partial charge in [0.25, 0.3) is 0 Å². The third kappa shape index (κ3) is 3.66. The fourth-order valence-electron chi connectivity index (χ4n) is 1.58. The third-order valence-electron chi connectivity index (χ3n) is 2.53. The molecule has 0 saturated heterocycles. The van der Waals surface area contributed by atoms with Crippen LogP contribution in [0.15, 0.2) is 48.9 Å². The summed E-state index contributed by atoms with van der Waals surface area (Å²) in [5, 5.41) is 1.94. The summed E-state index contributed by atoms with van der Waals surface area (Å²) in [6.45, 7) is 0.358. The maximum atomic E-state index is 12.4. The first-order valence-corrected chi connectivity index (χ1v) is 9.25. The second-order valence-electron chi connectivity index (χ2n) is 3.98. The summed E-state index contributed by atoms with van der Waals surface area (Å²) in [6, 6.07) is 8.65. The maximum Gasteiger partial charge on any atom is 0.243 e. The molecular weight excluding hydrogens is 414 g/mol. The lowest BCUT2D eigenvalue weighted by Gasteiger charge is -2.16. The minimum absolute atomic E-state index is 0.290. The van der Waals surface area contributed by atoms with Gasteiger partial charge in [-0.2, -0.15) is 4.31 Å². The number of benzene rings is 1. The number of rotatable bonds is 4. The van der Waals surface area contributed by atoms with Gasteiger partial charge in [0.05, 0.1) is 8.68 Å². The van der Waals surface area contributed by atoms with Gasteiger partial charge in [-0.05, 0) is 51.1 Å². The molecule has 1 aromatic heterocycles. The lowest BCUT2D eigenvalue weighted by Crippen LogP contribution is -2.26. The van der Waals surface area contributed by atoms with Gasteiger partial charge in [0.2, 0.25) is 10.0 Å². The molecule has 3 nitrogen and oxygen atoms in total. The smallest absolute Gasteiger partial charge is 0.207 e. The Morgan fingerprint density at radius 2 is 2.00 bits per heavy atom. The van der Waals surface area contributed by atoms with Gasteiger partial charge in [-0.15, -0.1) is 11.3 Å². The molecule has 0 aliphatic heterocycles. The average Bonchev–Trinajstić information content (AvgIpc) is 2.74. The molecule has 0 fully saturated rings. The van der Waals surface area contributed by atoms with Crippen LogP contribution in [0, 0.1) is 0 Å². The first kappa shape index (κ1) is 15.2. The van der Waals surface area contributed by atoms with Crippen LogP contribution in [0.4, 0.5) is 0 Å². The predicted molar refractivity (Wildman–Crippen MR) is 84.8 cm³/mol. The summed E-state index contributed by atoms with van der Waals surface area (Å²) in [6.07, 6.45) is 0. The molecule has 0 N–H and O–H groups in total. The van der Waals surface area contributed by atoms with E-state index in [2.05, 4.69) is 31.9 Å². The summed E-state index contributed by atoms with van der Waals surface area (Å²) in [5.74, 6) is 0. The zero-order chi connectivity index (χ0) is 14.0. The van der Waals surface area contributed by atoms with Crippen molar-refractivity contribution in [2.24, 2.45) is 0 Å². The zero-order valence-corrected chi connectivity index (χ0v) is 14.8. The van der Waals surface area contributed by atoms with Crippen LogP contribution in [0.5, 0.6) is 0 Å². The second-order valence-corrected chi connectivity index (χ2v) is 9.23. The van der Waals surface area contributed by atoms with Crippen LogP contribution in [0.1, 0.15) is 5.56 Å². The molecule has 0 unspecified atom stereocenters. The van der Waals surface area contributed by atoms with Gasteiger partial charge in [-0.3, -0.25) is 0 Å². The Balaban J connectivity index is 2.24. The van der Waals surface area contributed by atoms with Crippen molar-refractivity contribution in [3.8, 4) is 0 Å². The second kappa shape index (κ2) is 6.05. The zero-order valence-electron chi connectivity index (χ0n) is 10.0. The molecule has 102 valence electrons. The van der Waals surface area contributed by atoms with Gasteiger partial charge in [0.15, 0.2) is 0 Å². The number of halogens is 2. The van der Waals surface area contributed by atoms with Crippen LogP contribution < -0.4 is 0 Å². The van der Waals surface area contributed by atoms with Crippen molar-refractivity contribution < 1.29 is 8.42 Å². The molecule has 0 radical (unpaired) electrons. The fraction of sp³-hybridized carbons (Fsp3) is 0.167. The standard InChI is InChI=1S/C12H11Br2NO2S2/c1-15(7-9-5-12(14)18-8-9)19(16,17)11-4-2-3-10(13)6-11/h2-6,8H,7H2,1H3. The highest BCUT2D eigenvalue weighted by Gasteiger charge is 2.21. The largest absolute Gasteiger partial charge is 0.243 e. The Hall–Kier alpha value is -0.210. The average molecular weight is 425 g/mol. The van der Waals surface area contributed by atoms with Crippen LogP contribution in [-0.2, 0) is 16.6 Å². The monoisotopic (exact) mass is 423 g/mol. The number of thiophene rings is 1. The van der Waals surface area contributed by atoms with Gasteiger partial charge >= 0.3 is 0 Å². The normalized spacial score (nSPS) is 12.0. The Bertz CT molecular complexity index is 683. The van der Waals surface area contributed by atoms with Gasteiger partial charge in [-0.25, -0.2) is 8.42 Å². The van der Waals surface area contributed by atoms with E-state index in [0.29, 0.717) is 11.4 Å². The molecule has 1 aromatic carbocycles. The van der Waals surface area contributed by atoms with Gasteiger partial charge < -0.3 is 0 Å². The molecule has 1 heterocycles. The van der Waals surface area contributed by atoms with E-state index in [1.165, 1.54) is 4.31 Å². The minimum Gasteiger partial charge on any atom is -0.207 e. The number of sulfonamides is 1. The summed E-state index contributed by atoms with van der Waals surface area (Å²) < 4.78 is 27.9. The van der Waals surface area contributed by atoms with Crippen LogP contribution >= 0.6 is 43.2 Å². The molecule has 0 saturated carbocycles. The first-order chi connectivity index (χ1) is 8.89. The highest BCUT2D eigenvalue weighted by molar-refractivity contribution is 9.11. The summed E-state index contributed by atoms with van der Waals surface area (Å²) in [7, 11) is -1.87. The molecule has 0 atom stereocenters. The van der Waals surface area contributed by atoms with Crippen LogP contribution in [-0.4, -0.2) is 19.8 Å². The van der Waals surface area contributed by atoms with E-state index in [1.54, 1.807) is 42.6 Å². The maximum absolute atomic E-state index is 12.4. The van der Waals surface area contributed by atoms with E-state index < -0.39 is 10.0 Å². The highest BCUT2D eigenvalue weighted by atomic mass is 79.9. The Kier molecular flexibility index (Phi) is 4.84. The van der Waals surface area contributed by atoms with Gasteiger partial charge in [0.1, 0.15) is 0 Å². The van der Waals surface area contributed by atoms with E-state index in [0.717, 1.165) is 13.8 Å². The van der Waals surface area contributed by atoms with Gasteiger partial charge in [-0.1, -0.05) is 22.0 Å². The van der Waals surface area contributed by atoms with Crippen molar-refractivity contribution in [3.63, 3.8) is 0 Å². The van der Waals surface area contributed by atoms with E-state index in [9.17, 15) is 8.42 Å². The molecule has 7 heteroatoms. The van der Waals surface area contributed by atoms with Gasteiger partial charge in [0, 0.05) is 18.1 Å². The number of hydrogen-bond donors (Lipinski definition) is 0. The van der Waals surface area contributed by atoms with Crippen molar-refractivity contribution in [2.45, 2.75) is 11.4 Å². The van der Waals surface area contributed by atoms with Crippen molar-refractivity contribution in [1.29, 1.82) is 0 Å². The van der Waals surface area contributed by atoms with Crippen LogP contribution in [0.25, 0.3) is 0 Å². The molecule has 0 aliphatic carbocycles. The van der Waals surface area contributed by atoms with E-state index in [4.69, 9.17) is 0 Å². The molecule has 0 spiro atoms. The SMILES string of the molecule is CN(Cc1csc(Br)c1)S(=O)(=O)c1cccc(Br)c1. The lowest BCUT2D eigenvalue weighted by atomic mass is 10.3. The Morgan fingerprint density at radius 1 is 1.26 bits per heavy atom. The summed E-state index contributed by atoms with van der Waals surface area (Å²) in [4.78, 5) is 0.290. The quantitative estimate of drug-likeness (QED) is 0.740. The molecule has 0 aliphatic rings. The molecular formula is C12H11Br2NO2S2. The van der Waals surface area contributed by atoms with Crippen LogP contribution in [0.2, 0.25) is 0 Å². The number of nitrogens with zero attached hydrogens (tertiary/aromatic N) is 1. The third-order valence-corrected chi connectivity index (χ3v) is 6.38. The Morgan fingerprint density at radius 3 is 2.58 bits per heavy atom. The molecule has 19 heavy (non-hydrogen) atoms. The van der Waals surface area contributed by atoms with E-state index >= 15 is 0 Å². The van der Waals surface area contributed by atoms with E-state index in [1.807, 2.05) is 11.4 Å². The molecule has 0 amide bonds. The highest BCUT2D eigenvalue weighted by Crippen LogP contribution is 2.24. The van der Waals surface area contributed by atoms with Crippen molar-refractivity contribution >= 4 is 53.2 Å². The summed E-state index contributed by atoms with van der Waals surface area (Å²) >= 11 is 8.20. The lowest BCUT2D eigenvalue weighted by molar-refractivity contribution is 0.467. The first-order valence-electron chi connectivity index (χ1n) is 5.34. The van der Waals surface area contributed by atoms with Crippen molar-refractivity contribution in [2.75, 3.05) is 7.05 Å². The van der Waals surface area contributed by atoms with Crippen molar-refractivity contribution in [1.82, 2.24) is 4.31 Å². The molecule has 0 bridgehead atoms. The fourth-order valence-corrected chi connectivity index (χ4v) is 4.53.